The summed E-state index contributed by atoms with van der Waals surface area (Å²) in [6.45, 7) is 6.42. The summed E-state index contributed by atoms with van der Waals surface area (Å²) in [7, 11) is 0. The third-order valence-electron chi connectivity index (χ3n) is 2.53. The molecule has 0 atom stereocenters. The molecule has 0 saturated heterocycles. The average molecular weight is 207 g/mol. The highest BCUT2D eigenvalue weighted by Crippen LogP contribution is 2.26. The number of hydrogen-bond donors (Lipinski definition) is 1. The molecule has 1 rings (SSSR count). The molecule has 82 valence electrons. The molecular weight excluding hydrogens is 190 g/mol. The molecule has 0 radical (unpaired) electrons. The van der Waals surface area contributed by atoms with Gasteiger partial charge in [-0.3, -0.25) is 4.79 Å². The van der Waals surface area contributed by atoms with Gasteiger partial charge >= 0.3 is 0 Å². The van der Waals surface area contributed by atoms with Crippen LogP contribution in [0.5, 0.6) is 0 Å². The van der Waals surface area contributed by atoms with Crippen LogP contribution in [0.15, 0.2) is 12.4 Å². The minimum Gasteiger partial charge on any atom is -0.363 e. The number of aromatic nitrogens is 2. The fraction of sp³-hybridized carbons (Fsp3) is 0.545. The van der Waals surface area contributed by atoms with Crippen LogP contribution in [-0.2, 0) is 5.41 Å². The molecule has 0 saturated carbocycles. The maximum atomic E-state index is 10.8. The summed E-state index contributed by atoms with van der Waals surface area (Å²) in [5, 5.41) is 0. The van der Waals surface area contributed by atoms with Crippen molar-refractivity contribution in [3.63, 3.8) is 0 Å². The summed E-state index contributed by atoms with van der Waals surface area (Å²) in [5.74, 6) is -0.513. The molecule has 15 heavy (non-hydrogen) atoms. The van der Waals surface area contributed by atoms with Gasteiger partial charge in [0.15, 0.2) is 0 Å². The van der Waals surface area contributed by atoms with Crippen molar-refractivity contribution < 1.29 is 4.79 Å². The maximum Gasteiger partial charge on any atom is 0.286 e. The van der Waals surface area contributed by atoms with E-state index in [0.717, 1.165) is 18.4 Å². The van der Waals surface area contributed by atoms with Crippen molar-refractivity contribution in [2.45, 2.75) is 39.0 Å². The Morgan fingerprint density at radius 2 is 1.93 bits per heavy atom. The summed E-state index contributed by atoms with van der Waals surface area (Å²) >= 11 is 0. The molecule has 0 bridgehead atoms. The van der Waals surface area contributed by atoms with Crippen LogP contribution in [-0.4, -0.2) is 15.9 Å². The van der Waals surface area contributed by atoms with Gasteiger partial charge in [0.1, 0.15) is 0 Å². The monoisotopic (exact) mass is 207 g/mol. The van der Waals surface area contributed by atoms with Crippen molar-refractivity contribution in [1.82, 2.24) is 9.97 Å². The molecule has 0 aromatic carbocycles. The Hall–Kier alpha value is -1.45. The number of carbonyl (C=O) groups excluding carboxylic acids is 1. The zero-order chi connectivity index (χ0) is 11.5. The van der Waals surface area contributed by atoms with Crippen LogP contribution >= 0.6 is 0 Å². The molecule has 4 nitrogen and oxygen atoms in total. The second kappa shape index (κ2) is 4.38. The van der Waals surface area contributed by atoms with Crippen molar-refractivity contribution in [2.75, 3.05) is 0 Å². The van der Waals surface area contributed by atoms with E-state index in [9.17, 15) is 4.79 Å². The van der Waals surface area contributed by atoms with Gasteiger partial charge in [-0.2, -0.15) is 0 Å². The smallest absolute Gasteiger partial charge is 0.286 e. The Labute approximate surface area is 89.9 Å². The van der Waals surface area contributed by atoms with Crippen LogP contribution in [0.3, 0.4) is 0 Å². The SMILES string of the molecule is CCCC(C)(C)c1cnc(C(N)=O)nc1. The molecule has 1 aromatic rings. The van der Waals surface area contributed by atoms with E-state index in [2.05, 4.69) is 30.7 Å². The van der Waals surface area contributed by atoms with Crippen LogP contribution in [0.1, 0.15) is 49.8 Å². The highest BCUT2D eigenvalue weighted by molar-refractivity contribution is 5.88. The number of carbonyl (C=O) groups is 1. The molecule has 0 fully saturated rings. The topological polar surface area (TPSA) is 68.9 Å². The number of rotatable bonds is 4. The molecular formula is C11H17N3O. The third kappa shape index (κ3) is 2.75. The van der Waals surface area contributed by atoms with Gasteiger partial charge < -0.3 is 5.73 Å². The first-order chi connectivity index (χ1) is 6.97. The van der Waals surface area contributed by atoms with Crippen molar-refractivity contribution >= 4 is 5.91 Å². The van der Waals surface area contributed by atoms with Crippen LogP contribution in [0, 0.1) is 0 Å². The quantitative estimate of drug-likeness (QED) is 0.816. The molecule has 1 aromatic heterocycles. The normalized spacial score (nSPS) is 11.4. The minimum atomic E-state index is -0.588. The summed E-state index contributed by atoms with van der Waals surface area (Å²) in [6, 6.07) is 0. The largest absolute Gasteiger partial charge is 0.363 e. The van der Waals surface area contributed by atoms with E-state index >= 15 is 0 Å². The molecule has 4 heteroatoms. The van der Waals surface area contributed by atoms with Gasteiger partial charge in [-0.25, -0.2) is 9.97 Å². The first-order valence-electron chi connectivity index (χ1n) is 5.09. The zero-order valence-corrected chi connectivity index (χ0v) is 9.45. The Bertz CT molecular complexity index is 343. The van der Waals surface area contributed by atoms with E-state index in [-0.39, 0.29) is 11.2 Å². The molecule has 0 aliphatic carbocycles. The Kier molecular flexibility index (Phi) is 3.39. The van der Waals surface area contributed by atoms with Crippen molar-refractivity contribution in [3.05, 3.63) is 23.8 Å². The van der Waals surface area contributed by atoms with Crippen LogP contribution in [0.4, 0.5) is 0 Å². The second-order valence-electron chi connectivity index (χ2n) is 4.29. The predicted octanol–water partition coefficient (Wildman–Crippen LogP) is 1.65. The summed E-state index contributed by atoms with van der Waals surface area (Å²) < 4.78 is 0. The fourth-order valence-corrected chi connectivity index (χ4v) is 1.57. The standard InChI is InChI=1S/C11H17N3O/c1-4-5-11(2,3)8-6-13-10(9(12)15)14-7-8/h6-7H,4-5H2,1-3H3,(H2,12,15). The number of primary amides is 1. The number of nitrogens with zero attached hydrogens (tertiary/aromatic N) is 2. The molecule has 1 amide bonds. The Balaban J connectivity index is 2.93. The molecule has 0 aliphatic heterocycles. The summed E-state index contributed by atoms with van der Waals surface area (Å²) in [4.78, 5) is 18.7. The summed E-state index contributed by atoms with van der Waals surface area (Å²) in [6.07, 6.45) is 5.53. The van der Waals surface area contributed by atoms with Gasteiger partial charge in [0.05, 0.1) is 0 Å². The zero-order valence-electron chi connectivity index (χ0n) is 9.45. The lowest BCUT2D eigenvalue weighted by Crippen LogP contribution is -2.20. The molecule has 0 spiro atoms. The molecule has 0 unspecified atom stereocenters. The lowest BCUT2D eigenvalue weighted by molar-refractivity contribution is 0.0990. The Morgan fingerprint density at radius 3 is 2.33 bits per heavy atom. The van der Waals surface area contributed by atoms with Crippen LogP contribution in [0.25, 0.3) is 0 Å². The van der Waals surface area contributed by atoms with Crippen LogP contribution < -0.4 is 5.73 Å². The number of hydrogen-bond acceptors (Lipinski definition) is 3. The lowest BCUT2D eigenvalue weighted by atomic mass is 9.82. The molecule has 2 N–H and O–H groups in total. The third-order valence-corrected chi connectivity index (χ3v) is 2.53. The van der Waals surface area contributed by atoms with E-state index in [1.54, 1.807) is 12.4 Å². The highest BCUT2D eigenvalue weighted by atomic mass is 16.1. The van der Waals surface area contributed by atoms with Crippen LogP contribution in [0.2, 0.25) is 0 Å². The van der Waals surface area contributed by atoms with Crippen molar-refractivity contribution in [1.29, 1.82) is 0 Å². The van der Waals surface area contributed by atoms with E-state index in [1.165, 1.54) is 0 Å². The fourth-order valence-electron chi connectivity index (χ4n) is 1.57. The van der Waals surface area contributed by atoms with Gasteiger partial charge in [-0.15, -0.1) is 0 Å². The van der Waals surface area contributed by atoms with Gasteiger partial charge in [-0.05, 0) is 17.4 Å². The van der Waals surface area contributed by atoms with Gasteiger partial charge in [0.25, 0.3) is 5.91 Å². The lowest BCUT2D eigenvalue weighted by Gasteiger charge is -2.23. The van der Waals surface area contributed by atoms with E-state index in [0.29, 0.717) is 0 Å². The first kappa shape index (κ1) is 11.6. The molecule has 0 aliphatic rings. The summed E-state index contributed by atoms with van der Waals surface area (Å²) in [5.41, 5.74) is 6.15. The van der Waals surface area contributed by atoms with E-state index < -0.39 is 5.91 Å². The first-order valence-corrected chi connectivity index (χ1v) is 5.09. The predicted molar refractivity (Wildman–Crippen MR) is 58.5 cm³/mol. The Morgan fingerprint density at radius 1 is 1.40 bits per heavy atom. The number of amides is 1. The van der Waals surface area contributed by atoms with Gasteiger partial charge in [-0.1, -0.05) is 27.2 Å². The second-order valence-corrected chi connectivity index (χ2v) is 4.29. The van der Waals surface area contributed by atoms with E-state index in [4.69, 9.17) is 5.73 Å². The van der Waals surface area contributed by atoms with E-state index in [1.807, 2.05) is 0 Å². The number of nitrogens with two attached hydrogens (primary N) is 1. The average Bonchev–Trinajstić information content (AvgIpc) is 2.18. The minimum absolute atomic E-state index is 0.0466. The molecule has 1 heterocycles. The highest BCUT2D eigenvalue weighted by Gasteiger charge is 2.20. The van der Waals surface area contributed by atoms with Crippen molar-refractivity contribution in [2.24, 2.45) is 5.73 Å². The van der Waals surface area contributed by atoms with Crippen molar-refractivity contribution in [3.8, 4) is 0 Å². The maximum absolute atomic E-state index is 10.8. The van der Waals surface area contributed by atoms with Gasteiger partial charge in [0, 0.05) is 12.4 Å². The van der Waals surface area contributed by atoms with Gasteiger partial charge in [0.2, 0.25) is 5.82 Å².